The lowest BCUT2D eigenvalue weighted by Crippen LogP contribution is -2.63. The summed E-state index contributed by atoms with van der Waals surface area (Å²) in [5, 5.41) is 1.15. The van der Waals surface area contributed by atoms with Crippen molar-refractivity contribution in [3.8, 4) is 5.75 Å². The van der Waals surface area contributed by atoms with Gasteiger partial charge in [-0.2, -0.15) is 0 Å². The van der Waals surface area contributed by atoms with Gasteiger partial charge in [0.25, 0.3) is 0 Å². The van der Waals surface area contributed by atoms with E-state index in [1.165, 1.54) is 5.56 Å². The van der Waals surface area contributed by atoms with Gasteiger partial charge in [-0.15, -0.1) is 0 Å². The number of benzene rings is 2. The van der Waals surface area contributed by atoms with E-state index in [4.69, 9.17) is 4.74 Å². The smallest absolute Gasteiger partial charge is 0.246 e. The zero-order valence-electron chi connectivity index (χ0n) is 18.0. The van der Waals surface area contributed by atoms with E-state index >= 15 is 0 Å². The fraction of sp³-hybridized carbons (Fsp3) is 0.385. The van der Waals surface area contributed by atoms with Crippen molar-refractivity contribution in [2.75, 3.05) is 13.2 Å². The maximum atomic E-state index is 13.7. The number of rotatable bonds is 2. The molecule has 6 nitrogen and oxygen atoms in total. The summed E-state index contributed by atoms with van der Waals surface area (Å²) in [5.74, 6) is 1.55. The Labute approximate surface area is 186 Å². The van der Waals surface area contributed by atoms with Gasteiger partial charge in [-0.1, -0.05) is 31.2 Å². The van der Waals surface area contributed by atoms with Gasteiger partial charge in [0.05, 0.1) is 12.6 Å². The predicted molar refractivity (Wildman–Crippen MR) is 119 cm³/mol. The number of ether oxygens (including phenoxy) is 1. The first-order valence-corrected chi connectivity index (χ1v) is 11.6. The van der Waals surface area contributed by atoms with E-state index in [2.05, 4.69) is 36.2 Å². The minimum absolute atomic E-state index is 0.0414. The van der Waals surface area contributed by atoms with E-state index < -0.39 is 6.04 Å². The Morgan fingerprint density at radius 3 is 2.81 bits per heavy atom. The Kier molecular flexibility index (Phi) is 3.65. The molecule has 2 aromatic carbocycles. The molecule has 4 atom stereocenters. The van der Waals surface area contributed by atoms with Gasteiger partial charge in [0.15, 0.2) is 0 Å². The third-order valence-electron chi connectivity index (χ3n) is 7.79. The number of para-hydroxylation sites is 1. The summed E-state index contributed by atoms with van der Waals surface area (Å²) >= 11 is 0. The largest absolute Gasteiger partial charge is 0.493 e. The van der Waals surface area contributed by atoms with Crippen molar-refractivity contribution in [2.45, 2.75) is 44.3 Å². The summed E-state index contributed by atoms with van der Waals surface area (Å²) in [6.07, 6.45) is 2.43. The molecule has 7 rings (SSSR count). The lowest BCUT2D eigenvalue weighted by atomic mass is 9.85. The maximum Gasteiger partial charge on any atom is 0.246 e. The van der Waals surface area contributed by atoms with Crippen LogP contribution in [0.15, 0.2) is 42.5 Å². The molecule has 1 saturated heterocycles. The average Bonchev–Trinajstić information content (AvgIpc) is 3.20. The van der Waals surface area contributed by atoms with Gasteiger partial charge in [-0.3, -0.25) is 9.59 Å². The Morgan fingerprint density at radius 2 is 1.97 bits per heavy atom. The number of nitrogens with one attached hydrogen (secondary N) is 1. The number of H-pyrrole nitrogens is 1. The number of fused-ring (bicyclic) bond motifs is 5. The topological polar surface area (TPSA) is 65.6 Å². The first-order valence-electron chi connectivity index (χ1n) is 11.6. The van der Waals surface area contributed by atoms with E-state index in [1.807, 2.05) is 28.0 Å². The molecular weight excluding hydrogens is 402 g/mol. The number of hydrogen-bond acceptors (Lipinski definition) is 3. The van der Waals surface area contributed by atoms with E-state index in [0.29, 0.717) is 18.9 Å². The molecule has 0 radical (unpaired) electrons. The fourth-order valence-corrected chi connectivity index (χ4v) is 6.03. The molecule has 2 amide bonds. The second-order valence-electron chi connectivity index (χ2n) is 9.70. The van der Waals surface area contributed by atoms with Crippen LogP contribution < -0.4 is 4.74 Å². The Bertz CT molecular complexity index is 1290. The van der Waals surface area contributed by atoms with Crippen LogP contribution in [0, 0.1) is 5.92 Å². The lowest BCUT2D eigenvalue weighted by Gasteiger charge is -2.47. The highest BCUT2D eigenvalue weighted by atomic mass is 16.5. The summed E-state index contributed by atoms with van der Waals surface area (Å²) < 4.78 is 5.71. The van der Waals surface area contributed by atoms with Crippen molar-refractivity contribution < 1.29 is 14.3 Å². The monoisotopic (exact) mass is 427 g/mol. The highest BCUT2D eigenvalue weighted by Crippen LogP contribution is 2.45. The van der Waals surface area contributed by atoms with Crippen LogP contribution in [0.3, 0.4) is 0 Å². The standard InChI is InChI=1S/C26H25N3O3/c1-14-10-20(14)28-13-23(30)29-21(26(28)31)12-18-17-4-2-3-5-19(17)27-24(18)25(29)16-6-7-22-15(11-16)8-9-32-22/h2-7,11,14,20-21,25,27H,8-10,12-13H2,1H3/t14?,20?,21-,25-/m1/s1. The molecular formula is C26H25N3O3. The normalized spacial score (nSPS) is 28.4. The first kappa shape index (κ1) is 18.3. The van der Waals surface area contributed by atoms with Crippen molar-refractivity contribution in [3.63, 3.8) is 0 Å². The summed E-state index contributed by atoms with van der Waals surface area (Å²) in [6, 6.07) is 13.9. The quantitative estimate of drug-likeness (QED) is 0.683. The molecule has 3 aromatic rings. The number of amides is 2. The number of piperazine rings is 1. The van der Waals surface area contributed by atoms with E-state index in [0.717, 1.165) is 46.3 Å². The fourth-order valence-electron chi connectivity index (χ4n) is 6.03. The third kappa shape index (κ3) is 2.46. The van der Waals surface area contributed by atoms with Crippen LogP contribution in [-0.4, -0.2) is 51.8 Å². The lowest BCUT2D eigenvalue weighted by molar-refractivity contribution is -0.159. The predicted octanol–water partition coefficient (Wildman–Crippen LogP) is 3.20. The minimum atomic E-state index is -0.453. The summed E-state index contributed by atoms with van der Waals surface area (Å²) in [4.78, 5) is 34.5. The van der Waals surface area contributed by atoms with E-state index in [-0.39, 0.29) is 30.4 Å². The van der Waals surface area contributed by atoms with Crippen LogP contribution in [0.4, 0.5) is 0 Å². The highest BCUT2D eigenvalue weighted by molar-refractivity contribution is 5.98. The van der Waals surface area contributed by atoms with Gasteiger partial charge < -0.3 is 19.5 Å². The first-order chi connectivity index (χ1) is 15.6. The highest BCUT2D eigenvalue weighted by Gasteiger charge is 2.52. The number of carbonyl (C=O) groups is 2. The molecule has 1 aliphatic carbocycles. The van der Waals surface area contributed by atoms with Gasteiger partial charge in [0.1, 0.15) is 18.3 Å². The molecule has 1 N–H and O–H groups in total. The maximum absolute atomic E-state index is 13.7. The number of nitrogens with zero attached hydrogens (tertiary/aromatic N) is 2. The molecule has 162 valence electrons. The summed E-state index contributed by atoms with van der Waals surface area (Å²) in [5.41, 5.74) is 5.47. The van der Waals surface area contributed by atoms with E-state index in [9.17, 15) is 9.59 Å². The van der Waals surface area contributed by atoms with Crippen LogP contribution in [0.5, 0.6) is 5.75 Å². The Morgan fingerprint density at radius 1 is 1.12 bits per heavy atom. The SMILES string of the molecule is CC1CC1N1CC(=O)N2[C@H](c3ccc4c(c3)CCO4)c3[nH]c4ccccc4c3C[C@@H]2C1=O. The second kappa shape index (κ2) is 6.37. The van der Waals surface area contributed by atoms with Crippen LogP contribution in [0.2, 0.25) is 0 Å². The van der Waals surface area contributed by atoms with Gasteiger partial charge in [-0.05, 0) is 47.2 Å². The van der Waals surface area contributed by atoms with Gasteiger partial charge >= 0.3 is 0 Å². The van der Waals surface area contributed by atoms with E-state index in [1.54, 1.807) is 0 Å². The molecule has 32 heavy (non-hydrogen) atoms. The molecule has 2 unspecified atom stereocenters. The van der Waals surface area contributed by atoms with Crippen molar-refractivity contribution in [3.05, 3.63) is 64.8 Å². The van der Waals surface area contributed by atoms with Gasteiger partial charge in [-0.25, -0.2) is 0 Å². The molecule has 4 heterocycles. The summed E-state index contributed by atoms with van der Waals surface area (Å²) in [6.45, 7) is 3.03. The molecule has 4 aliphatic rings. The Hall–Kier alpha value is -3.28. The zero-order valence-corrected chi connectivity index (χ0v) is 18.0. The van der Waals surface area contributed by atoms with Crippen molar-refractivity contribution in [1.29, 1.82) is 0 Å². The molecule has 1 aromatic heterocycles. The Balaban J connectivity index is 1.41. The molecule has 2 fully saturated rings. The zero-order chi connectivity index (χ0) is 21.6. The van der Waals surface area contributed by atoms with Crippen molar-refractivity contribution >= 4 is 22.7 Å². The number of aromatic nitrogens is 1. The molecule has 0 spiro atoms. The van der Waals surface area contributed by atoms with Crippen molar-refractivity contribution in [2.24, 2.45) is 5.92 Å². The summed E-state index contributed by atoms with van der Waals surface area (Å²) in [7, 11) is 0. The van der Waals surface area contributed by atoms with Gasteiger partial charge in [0.2, 0.25) is 11.8 Å². The van der Waals surface area contributed by atoms with Crippen molar-refractivity contribution in [1.82, 2.24) is 14.8 Å². The number of hydrogen-bond donors (Lipinski definition) is 1. The van der Waals surface area contributed by atoms with Gasteiger partial charge in [0, 0.05) is 35.5 Å². The average molecular weight is 428 g/mol. The van der Waals surface area contributed by atoms with Crippen LogP contribution >= 0.6 is 0 Å². The molecule has 3 aliphatic heterocycles. The second-order valence-corrected chi connectivity index (χ2v) is 9.70. The van der Waals surface area contributed by atoms with Crippen LogP contribution in [0.1, 0.15) is 41.8 Å². The minimum Gasteiger partial charge on any atom is -0.493 e. The molecule has 0 bridgehead atoms. The molecule has 6 heteroatoms. The number of aromatic amines is 1. The van der Waals surface area contributed by atoms with Crippen LogP contribution in [-0.2, 0) is 22.4 Å². The molecule has 1 saturated carbocycles. The third-order valence-corrected chi connectivity index (χ3v) is 7.79. The van der Waals surface area contributed by atoms with Crippen LogP contribution in [0.25, 0.3) is 10.9 Å². The number of carbonyl (C=O) groups excluding carboxylic acids is 2.